The van der Waals surface area contributed by atoms with E-state index in [-0.39, 0.29) is 27.2 Å². The fourth-order valence-corrected chi connectivity index (χ4v) is 4.21. The summed E-state index contributed by atoms with van der Waals surface area (Å²) in [6, 6.07) is 25.6. The van der Waals surface area contributed by atoms with Gasteiger partial charge in [-0.1, -0.05) is 71.7 Å². The number of phenols is 1. The van der Waals surface area contributed by atoms with Crippen LogP contribution in [-0.2, 0) is 11.2 Å². The second-order valence-electron chi connectivity index (χ2n) is 7.94. The van der Waals surface area contributed by atoms with Crippen molar-refractivity contribution in [2.45, 2.75) is 6.42 Å². The van der Waals surface area contributed by atoms with Crippen LogP contribution in [0, 0.1) is 0 Å². The summed E-state index contributed by atoms with van der Waals surface area (Å²) in [6.07, 6.45) is 0.496. The van der Waals surface area contributed by atoms with Gasteiger partial charge in [0.05, 0.1) is 10.0 Å². The summed E-state index contributed by atoms with van der Waals surface area (Å²) in [6.45, 7) is -0.582. The number of phenolic OH excluding ortho intramolecular Hbond substituents is 1. The summed E-state index contributed by atoms with van der Waals surface area (Å²) in [5, 5.41) is 19.9. The van der Waals surface area contributed by atoms with Crippen LogP contribution in [0.5, 0.6) is 17.2 Å². The first kappa shape index (κ1) is 25.1. The maximum absolute atomic E-state index is 13.0. The number of amides is 1. The molecule has 36 heavy (non-hydrogen) atoms. The number of anilines is 1. The van der Waals surface area contributed by atoms with Gasteiger partial charge in [0.25, 0.3) is 5.91 Å². The Bertz CT molecular complexity index is 1370. The number of carbonyl (C=O) groups is 2. The molecule has 0 saturated heterocycles. The number of carbonyl (C=O) groups excluding carboxylic acids is 1. The molecule has 0 unspecified atom stereocenters. The third-order valence-electron chi connectivity index (χ3n) is 5.36. The summed E-state index contributed by atoms with van der Waals surface area (Å²) in [4.78, 5) is 25.6. The Kier molecular flexibility index (Phi) is 7.78. The normalized spacial score (nSPS) is 10.6. The number of halogens is 2. The molecule has 0 fully saturated rings. The van der Waals surface area contributed by atoms with E-state index in [1.807, 2.05) is 30.3 Å². The minimum absolute atomic E-state index is 0.0893. The molecule has 0 atom stereocenters. The minimum Gasteiger partial charge on any atom is -0.508 e. The fourth-order valence-electron chi connectivity index (χ4n) is 3.65. The van der Waals surface area contributed by atoms with Crippen LogP contribution in [0.2, 0.25) is 10.0 Å². The molecule has 0 saturated carbocycles. The molecular formula is C28H21Cl2NO5. The van der Waals surface area contributed by atoms with Crippen molar-refractivity contribution >= 4 is 40.8 Å². The number of carboxylic acids is 1. The van der Waals surface area contributed by atoms with Crippen molar-refractivity contribution in [1.82, 2.24) is 0 Å². The summed E-state index contributed by atoms with van der Waals surface area (Å²) in [5.41, 5.74) is 2.21. The zero-order valence-corrected chi connectivity index (χ0v) is 20.4. The molecule has 6 nitrogen and oxygen atoms in total. The van der Waals surface area contributed by atoms with Crippen molar-refractivity contribution < 1.29 is 24.5 Å². The van der Waals surface area contributed by atoms with Gasteiger partial charge in [-0.3, -0.25) is 14.5 Å². The molecule has 0 aliphatic rings. The number of aromatic hydroxyl groups is 1. The van der Waals surface area contributed by atoms with Gasteiger partial charge >= 0.3 is 5.97 Å². The second kappa shape index (κ2) is 11.2. The van der Waals surface area contributed by atoms with Crippen LogP contribution in [0.25, 0.3) is 0 Å². The maximum atomic E-state index is 13.0. The molecule has 0 aliphatic heterocycles. The highest BCUT2D eigenvalue weighted by molar-refractivity contribution is 6.37. The molecule has 0 aliphatic carbocycles. The first-order chi connectivity index (χ1) is 17.3. The molecule has 1 amide bonds. The summed E-state index contributed by atoms with van der Waals surface area (Å²) >= 11 is 12.9. The lowest BCUT2D eigenvalue weighted by molar-refractivity contribution is -0.135. The van der Waals surface area contributed by atoms with E-state index in [0.29, 0.717) is 23.3 Å². The lowest BCUT2D eigenvalue weighted by atomic mass is 10.0. The van der Waals surface area contributed by atoms with E-state index < -0.39 is 18.4 Å². The first-order valence-electron chi connectivity index (χ1n) is 10.9. The van der Waals surface area contributed by atoms with Gasteiger partial charge in [0, 0.05) is 23.2 Å². The molecule has 0 bridgehead atoms. The number of benzene rings is 4. The van der Waals surface area contributed by atoms with Crippen LogP contribution in [0.15, 0.2) is 91.0 Å². The Morgan fingerprint density at radius 1 is 0.833 bits per heavy atom. The van der Waals surface area contributed by atoms with Gasteiger partial charge < -0.3 is 14.9 Å². The van der Waals surface area contributed by atoms with Gasteiger partial charge in [-0.05, 0) is 48.0 Å². The van der Waals surface area contributed by atoms with Crippen LogP contribution < -0.4 is 9.64 Å². The highest BCUT2D eigenvalue weighted by Crippen LogP contribution is 2.41. The van der Waals surface area contributed by atoms with Crippen molar-refractivity contribution in [2.24, 2.45) is 0 Å². The number of hydrogen-bond acceptors (Lipinski definition) is 4. The van der Waals surface area contributed by atoms with Crippen molar-refractivity contribution in [3.8, 4) is 17.2 Å². The molecular weight excluding hydrogens is 501 g/mol. The predicted molar refractivity (Wildman–Crippen MR) is 140 cm³/mol. The van der Waals surface area contributed by atoms with Gasteiger partial charge in [0.2, 0.25) is 0 Å². The van der Waals surface area contributed by atoms with Crippen LogP contribution in [0.1, 0.15) is 21.5 Å². The van der Waals surface area contributed by atoms with Gasteiger partial charge in [0.15, 0.2) is 5.75 Å². The van der Waals surface area contributed by atoms with E-state index in [2.05, 4.69) is 0 Å². The zero-order valence-electron chi connectivity index (χ0n) is 18.9. The van der Waals surface area contributed by atoms with E-state index in [1.54, 1.807) is 42.5 Å². The molecule has 2 N–H and O–H groups in total. The summed E-state index contributed by atoms with van der Waals surface area (Å²) in [5.74, 6) is -1.04. The monoisotopic (exact) mass is 521 g/mol. The average molecular weight is 522 g/mol. The predicted octanol–water partition coefficient (Wildman–Crippen LogP) is 6.81. The standard InChI is InChI=1S/C28H21Cl2NO5/c29-23-15-21(31(17-26(33)34)28(35)19-9-5-2-6-10-19)16-24(30)27(23)36-22-11-12-25(32)20(14-22)13-18-7-3-1-4-8-18/h1-12,14-16,32H,13,17H2,(H,33,34). The Hall–Kier alpha value is -4.00. The van der Waals surface area contributed by atoms with Gasteiger partial charge in [-0.2, -0.15) is 0 Å². The van der Waals surface area contributed by atoms with E-state index >= 15 is 0 Å². The lowest BCUT2D eigenvalue weighted by Gasteiger charge is -2.22. The van der Waals surface area contributed by atoms with Gasteiger partial charge in [-0.25, -0.2) is 0 Å². The Labute approximate surface area is 217 Å². The van der Waals surface area contributed by atoms with Crippen molar-refractivity contribution in [2.75, 3.05) is 11.4 Å². The Morgan fingerprint density at radius 3 is 2.06 bits per heavy atom. The van der Waals surface area contributed by atoms with E-state index in [0.717, 1.165) is 10.5 Å². The highest BCUT2D eigenvalue weighted by Gasteiger charge is 2.23. The van der Waals surface area contributed by atoms with Crippen LogP contribution >= 0.6 is 23.2 Å². The second-order valence-corrected chi connectivity index (χ2v) is 8.76. The van der Waals surface area contributed by atoms with Gasteiger partial charge in [-0.15, -0.1) is 0 Å². The third kappa shape index (κ3) is 5.97. The van der Waals surface area contributed by atoms with Crippen LogP contribution in [0.3, 0.4) is 0 Å². The quantitative estimate of drug-likeness (QED) is 0.265. The van der Waals surface area contributed by atoms with Gasteiger partial charge in [0.1, 0.15) is 18.0 Å². The largest absolute Gasteiger partial charge is 0.508 e. The number of ether oxygens (including phenoxy) is 1. The number of carboxylic acid groups (broad SMARTS) is 1. The average Bonchev–Trinajstić information content (AvgIpc) is 2.87. The van der Waals surface area contributed by atoms with E-state index in [1.165, 1.54) is 18.2 Å². The molecule has 182 valence electrons. The van der Waals surface area contributed by atoms with Crippen molar-refractivity contribution in [1.29, 1.82) is 0 Å². The molecule has 0 radical (unpaired) electrons. The summed E-state index contributed by atoms with van der Waals surface area (Å²) < 4.78 is 5.94. The fraction of sp³-hybridized carbons (Fsp3) is 0.0714. The smallest absolute Gasteiger partial charge is 0.323 e. The number of nitrogens with zero attached hydrogens (tertiary/aromatic N) is 1. The van der Waals surface area contributed by atoms with Crippen LogP contribution in [0.4, 0.5) is 5.69 Å². The summed E-state index contributed by atoms with van der Waals surface area (Å²) in [7, 11) is 0. The molecule has 0 aromatic heterocycles. The molecule has 8 heteroatoms. The lowest BCUT2D eigenvalue weighted by Crippen LogP contribution is -2.35. The molecule has 4 rings (SSSR count). The van der Waals surface area contributed by atoms with E-state index in [9.17, 15) is 19.8 Å². The number of hydrogen-bond donors (Lipinski definition) is 2. The SMILES string of the molecule is O=C(O)CN(C(=O)c1ccccc1)c1cc(Cl)c(Oc2ccc(O)c(Cc3ccccc3)c2)c(Cl)c1. The van der Waals surface area contributed by atoms with Crippen LogP contribution in [-0.4, -0.2) is 28.6 Å². The topological polar surface area (TPSA) is 87.1 Å². The maximum Gasteiger partial charge on any atom is 0.323 e. The van der Waals surface area contributed by atoms with Crippen molar-refractivity contribution in [3.63, 3.8) is 0 Å². The number of aliphatic carboxylic acids is 1. The molecule has 4 aromatic carbocycles. The van der Waals surface area contributed by atoms with E-state index in [4.69, 9.17) is 27.9 Å². The first-order valence-corrected chi connectivity index (χ1v) is 11.7. The minimum atomic E-state index is -1.19. The Balaban J connectivity index is 1.62. The van der Waals surface area contributed by atoms with Crippen molar-refractivity contribution in [3.05, 3.63) is 118 Å². The number of rotatable bonds is 8. The molecule has 0 spiro atoms. The zero-order chi connectivity index (χ0) is 25.7. The third-order valence-corrected chi connectivity index (χ3v) is 5.92. The highest BCUT2D eigenvalue weighted by atomic mass is 35.5. The molecule has 0 heterocycles. The Morgan fingerprint density at radius 2 is 1.44 bits per heavy atom. The molecule has 4 aromatic rings.